The normalized spacial score (nSPS) is 19.0. The van der Waals surface area contributed by atoms with Gasteiger partial charge in [-0.3, -0.25) is 0 Å². The van der Waals surface area contributed by atoms with Crippen LogP contribution in [-0.2, 0) is 0 Å². The molecular weight excluding hydrogens is 506 g/mol. The summed E-state index contributed by atoms with van der Waals surface area (Å²) in [6, 6.07) is 0. The van der Waals surface area contributed by atoms with Crippen LogP contribution in [-0.4, -0.2) is 0 Å². The molecule has 23 heavy (non-hydrogen) atoms. The number of rotatable bonds is 0. The van der Waals surface area contributed by atoms with Gasteiger partial charge in [-0.2, -0.15) is 0 Å². The largest absolute Gasteiger partial charge is 0.204 e. The Kier molecular flexibility index (Phi) is 5.70. The lowest BCUT2D eigenvalue weighted by Gasteiger charge is -2.32. The van der Waals surface area contributed by atoms with E-state index in [1.807, 2.05) is 0 Å². The molecule has 2 aliphatic carbocycles. The molecule has 122 valence electrons. The molecule has 0 heterocycles. The van der Waals surface area contributed by atoms with Crippen LogP contribution in [0.4, 0.5) is 0 Å². The highest BCUT2D eigenvalue weighted by Gasteiger charge is 2.21. The molecule has 0 bridgehead atoms. The summed E-state index contributed by atoms with van der Waals surface area (Å²) >= 11 is 4.86. The third-order valence-electron chi connectivity index (χ3n) is 3.93. The number of allylic oxidation sites excluding steroid dienone is 9. The zero-order chi connectivity index (χ0) is 17.4. The monoisotopic (exact) mass is 530 g/mol. The Morgan fingerprint density at radius 1 is 1.00 bits per heavy atom. The highest BCUT2D eigenvalue weighted by atomic mass is 127. The van der Waals surface area contributed by atoms with Crippen molar-refractivity contribution in [2.75, 3.05) is 0 Å². The fourth-order valence-corrected chi connectivity index (χ4v) is 4.36. The highest BCUT2D eigenvalue weighted by Crippen LogP contribution is 2.42. The van der Waals surface area contributed by atoms with E-state index in [4.69, 9.17) is 0 Å². The van der Waals surface area contributed by atoms with E-state index in [0.29, 0.717) is 0 Å². The van der Waals surface area contributed by atoms with E-state index < -0.39 is 0 Å². The van der Waals surface area contributed by atoms with Crippen molar-refractivity contribution in [3.05, 3.63) is 72.3 Å². The first-order chi connectivity index (χ1) is 10.5. The van der Waals surface area contributed by atoms with E-state index in [9.17, 15) is 0 Å². The van der Waals surface area contributed by atoms with Crippen molar-refractivity contribution in [2.24, 2.45) is 10.8 Å². The van der Waals surface area contributed by atoms with Crippen molar-refractivity contribution in [1.29, 1.82) is 0 Å². The zero-order valence-electron chi connectivity index (χ0n) is 14.7. The molecule has 0 unspecified atom stereocenters. The summed E-state index contributed by atoms with van der Waals surface area (Å²) in [5, 5.41) is 0. The van der Waals surface area contributed by atoms with Crippen LogP contribution in [0.2, 0.25) is 0 Å². The molecule has 0 aromatic heterocycles. The van der Waals surface area contributed by atoms with Crippen LogP contribution in [0.25, 0.3) is 0 Å². The van der Waals surface area contributed by atoms with E-state index in [0.717, 1.165) is 5.57 Å². The predicted octanol–water partition coefficient (Wildman–Crippen LogP) is 7.46. The van der Waals surface area contributed by atoms with Gasteiger partial charge in [0.05, 0.1) is 0 Å². The fourth-order valence-electron chi connectivity index (χ4n) is 2.32. The maximum atomic E-state index is 3.58. The second-order valence-electron chi connectivity index (χ2n) is 8.02. The quantitative estimate of drug-likeness (QED) is 0.173. The van der Waals surface area contributed by atoms with E-state index in [2.05, 4.69) is 129 Å². The van der Waals surface area contributed by atoms with Gasteiger partial charge >= 0.3 is 0 Å². The van der Waals surface area contributed by atoms with Crippen LogP contribution in [0.1, 0.15) is 41.5 Å². The summed E-state index contributed by atoms with van der Waals surface area (Å²) in [5.74, 6) is 0. The number of hydrogen-bond acceptors (Lipinski definition) is 0. The van der Waals surface area contributed by atoms with Gasteiger partial charge < -0.3 is 0 Å². The van der Waals surface area contributed by atoms with Crippen LogP contribution in [0.15, 0.2) is 62.0 Å². The van der Waals surface area contributed by atoms with Gasteiger partial charge in [-0.25, -0.2) is 5.73 Å². The van der Waals surface area contributed by atoms with E-state index in [1.165, 1.54) is 24.2 Å². The van der Waals surface area contributed by atoms with Crippen molar-refractivity contribution in [1.82, 2.24) is 0 Å². The first-order valence-corrected chi connectivity index (χ1v) is 10.0. The van der Waals surface area contributed by atoms with Crippen LogP contribution >= 0.6 is 45.2 Å². The molecule has 0 spiro atoms. The second-order valence-corrected chi connectivity index (χ2v) is 10.3. The molecule has 2 rings (SSSR count). The van der Waals surface area contributed by atoms with Crippen LogP contribution < -0.4 is 0 Å². The third-order valence-corrected chi connectivity index (χ3v) is 5.63. The highest BCUT2D eigenvalue weighted by molar-refractivity contribution is 14.1. The Morgan fingerprint density at radius 3 is 2.04 bits per heavy atom. The van der Waals surface area contributed by atoms with Crippen LogP contribution in [0, 0.1) is 21.2 Å². The van der Waals surface area contributed by atoms with Gasteiger partial charge in [0.15, 0.2) is 0 Å². The van der Waals surface area contributed by atoms with Crippen molar-refractivity contribution >= 4 is 45.2 Å². The minimum atomic E-state index is 0.173. The molecule has 0 atom stereocenters. The summed E-state index contributed by atoms with van der Waals surface area (Å²) in [4.78, 5) is 0. The Labute approximate surface area is 168 Å². The van der Waals surface area contributed by atoms with Gasteiger partial charge in [0, 0.05) is 41.2 Å². The summed E-state index contributed by atoms with van der Waals surface area (Å²) in [6.45, 7) is 13.5. The molecular formula is C21H24I2. The maximum absolute atomic E-state index is 3.58. The molecule has 0 saturated heterocycles. The van der Waals surface area contributed by atoms with E-state index >= 15 is 0 Å². The Morgan fingerprint density at radius 2 is 1.61 bits per heavy atom. The SMILES string of the molecule is CC(C)(C)C1=C[CH+]C(=C=C2C(I)=CC(C(C)(C)C)=C[C-]2I)C=C1. The number of hydrogen-bond donors (Lipinski definition) is 0. The molecule has 0 aliphatic heterocycles. The lowest BCUT2D eigenvalue weighted by atomic mass is 9.82. The van der Waals surface area contributed by atoms with Gasteiger partial charge in [-0.15, -0.1) is 62.9 Å². The predicted molar refractivity (Wildman–Crippen MR) is 118 cm³/mol. The third kappa shape index (κ3) is 4.83. The maximum Gasteiger partial charge on any atom is 0.0493 e. The van der Waals surface area contributed by atoms with Gasteiger partial charge in [0.2, 0.25) is 0 Å². The molecule has 0 fully saturated rings. The molecule has 2 heteroatoms. The molecule has 2 aliphatic rings. The molecule has 0 saturated carbocycles. The average Bonchev–Trinajstić information content (AvgIpc) is 2.41. The van der Waals surface area contributed by atoms with Gasteiger partial charge in [0.1, 0.15) is 0 Å². The molecule has 0 nitrogen and oxygen atoms in total. The van der Waals surface area contributed by atoms with E-state index in [1.54, 1.807) is 0 Å². The smallest absolute Gasteiger partial charge is 0.0493 e. The summed E-state index contributed by atoms with van der Waals surface area (Å²) in [5.41, 5.74) is 9.01. The average molecular weight is 530 g/mol. The van der Waals surface area contributed by atoms with Crippen molar-refractivity contribution < 1.29 is 0 Å². The standard InChI is InChI=1S/C21H24I2/c1-20(2,3)15-9-7-14(8-10-15)11-17-18(22)12-16(13-19(17)23)21(4,5)6/h7-10,12-13H,1-6H3. The van der Waals surface area contributed by atoms with Crippen molar-refractivity contribution in [2.45, 2.75) is 41.5 Å². The Hall–Kier alpha value is -0.320. The molecule has 0 N–H and O–H groups in total. The lowest BCUT2D eigenvalue weighted by molar-refractivity contribution is 0.515. The minimum Gasteiger partial charge on any atom is -0.204 e. The summed E-state index contributed by atoms with van der Waals surface area (Å²) in [7, 11) is 0. The van der Waals surface area contributed by atoms with E-state index in [-0.39, 0.29) is 10.8 Å². The molecule has 0 aromatic rings. The molecule has 0 radical (unpaired) electrons. The first-order valence-electron chi connectivity index (χ1n) is 7.85. The zero-order valence-corrected chi connectivity index (χ0v) is 19.0. The van der Waals surface area contributed by atoms with Crippen LogP contribution in [0.5, 0.6) is 0 Å². The van der Waals surface area contributed by atoms with Crippen molar-refractivity contribution in [3.63, 3.8) is 0 Å². The topological polar surface area (TPSA) is 0 Å². The fraction of sp³-hybridized carbons (Fsp3) is 0.381. The van der Waals surface area contributed by atoms with Gasteiger partial charge in [-0.1, -0.05) is 33.8 Å². The Balaban J connectivity index is 2.33. The van der Waals surface area contributed by atoms with Crippen LogP contribution in [0.3, 0.4) is 0 Å². The minimum absolute atomic E-state index is 0.173. The molecule has 0 aromatic carbocycles. The number of halogens is 2. The Bertz CT molecular complexity index is 676. The lowest BCUT2D eigenvalue weighted by Crippen LogP contribution is -2.12. The van der Waals surface area contributed by atoms with Gasteiger partial charge in [-0.05, 0) is 26.2 Å². The second kappa shape index (κ2) is 6.89. The molecule has 0 amide bonds. The summed E-state index contributed by atoms with van der Waals surface area (Å²) in [6.07, 6.45) is 13.3. The van der Waals surface area contributed by atoms with Crippen molar-refractivity contribution in [3.8, 4) is 0 Å². The summed E-state index contributed by atoms with van der Waals surface area (Å²) < 4.78 is 2.53. The van der Waals surface area contributed by atoms with Gasteiger partial charge in [0.25, 0.3) is 0 Å². The first kappa shape index (κ1) is 19.0.